The van der Waals surface area contributed by atoms with Crippen molar-refractivity contribution in [3.8, 4) is 28.6 Å². The zero-order chi connectivity index (χ0) is 24.5. The van der Waals surface area contributed by atoms with Crippen LogP contribution in [0.2, 0.25) is 0 Å². The highest BCUT2D eigenvalue weighted by atomic mass is 19.3. The number of alkyl halides is 2. The number of ether oxygens (including phenoxy) is 2. The molecule has 0 bridgehead atoms. The summed E-state index contributed by atoms with van der Waals surface area (Å²) in [6, 6.07) is 11.5. The lowest BCUT2D eigenvalue weighted by Gasteiger charge is -2.12. The standard InChI is InChI=1S/C24H20F2N6O3/c1-3-10-34-20-9-7-18-22(28-20)21(14-4-8-19(27-12-14)35-24(25)26)23(33)32(30-18)16-5-6-17-15(11-16)13-31(2)29-17/h4-9,11-13,24H,3,10H2,1-2H3. The number of fused-ring (bicyclic) bond motifs is 2. The second-order valence-corrected chi connectivity index (χ2v) is 7.77. The Morgan fingerprint density at radius 3 is 2.57 bits per heavy atom. The van der Waals surface area contributed by atoms with E-state index in [1.165, 1.54) is 23.0 Å². The molecule has 0 aliphatic heterocycles. The van der Waals surface area contributed by atoms with E-state index in [4.69, 9.17) is 4.74 Å². The van der Waals surface area contributed by atoms with Crippen LogP contribution in [0.3, 0.4) is 0 Å². The number of hydrogen-bond acceptors (Lipinski definition) is 7. The lowest BCUT2D eigenvalue weighted by molar-refractivity contribution is -0.0528. The maximum Gasteiger partial charge on any atom is 0.388 e. The molecule has 11 heteroatoms. The van der Waals surface area contributed by atoms with E-state index in [9.17, 15) is 13.6 Å². The molecule has 1 aromatic carbocycles. The Labute approximate surface area is 197 Å². The molecule has 35 heavy (non-hydrogen) atoms. The molecule has 0 unspecified atom stereocenters. The van der Waals surface area contributed by atoms with Gasteiger partial charge in [0.05, 0.1) is 23.4 Å². The first-order chi connectivity index (χ1) is 16.9. The van der Waals surface area contributed by atoms with Gasteiger partial charge >= 0.3 is 6.61 Å². The van der Waals surface area contributed by atoms with Gasteiger partial charge in [-0.05, 0) is 36.8 Å². The summed E-state index contributed by atoms with van der Waals surface area (Å²) in [5.41, 5.74) is 2.21. The third kappa shape index (κ3) is 4.39. The molecule has 0 atom stereocenters. The van der Waals surface area contributed by atoms with Crippen LogP contribution in [-0.4, -0.2) is 42.7 Å². The summed E-state index contributed by atoms with van der Waals surface area (Å²) in [4.78, 5) is 22.2. The van der Waals surface area contributed by atoms with Gasteiger partial charge in [0.25, 0.3) is 5.56 Å². The number of nitrogens with zero attached hydrogens (tertiary/aromatic N) is 6. The summed E-state index contributed by atoms with van der Waals surface area (Å²) in [6.07, 6.45) is 3.93. The van der Waals surface area contributed by atoms with Crippen LogP contribution in [0.1, 0.15) is 13.3 Å². The number of aryl methyl sites for hydroxylation is 1. The summed E-state index contributed by atoms with van der Waals surface area (Å²) in [5.74, 6) is 0.0892. The van der Waals surface area contributed by atoms with Gasteiger partial charge in [-0.1, -0.05) is 6.92 Å². The van der Waals surface area contributed by atoms with Crippen LogP contribution >= 0.6 is 0 Å². The van der Waals surface area contributed by atoms with Crippen molar-refractivity contribution in [2.45, 2.75) is 20.0 Å². The predicted octanol–water partition coefficient (Wildman–Crippen LogP) is 4.12. The van der Waals surface area contributed by atoms with Gasteiger partial charge in [0.1, 0.15) is 11.0 Å². The van der Waals surface area contributed by atoms with Crippen molar-refractivity contribution in [2.24, 2.45) is 7.05 Å². The highest BCUT2D eigenvalue weighted by molar-refractivity contribution is 5.91. The molecule has 0 saturated carbocycles. The fraction of sp³-hybridized carbons (Fsp3) is 0.208. The maximum absolute atomic E-state index is 13.7. The molecule has 4 heterocycles. The minimum Gasteiger partial charge on any atom is -0.478 e. The molecule has 0 amide bonds. The van der Waals surface area contributed by atoms with Crippen LogP contribution in [0, 0.1) is 0 Å². The van der Waals surface area contributed by atoms with Crippen LogP contribution in [0.5, 0.6) is 11.8 Å². The number of aromatic nitrogens is 6. The topological polar surface area (TPSA) is 97.0 Å². The monoisotopic (exact) mass is 478 g/mol. The molecule has 0 aliphatic rings. The second kappa shape index (κ2) is 9.09. The first-order valence-electron chi connectivity index (χ1n) is 10.8. The summed E-state index contributed by atoms with van der Waals surface area (Å²) >= 11 is 0. The van der Waals surface area contributed by atoms with E-state index < -0.39 is 12.2 Å². The van der Waals surface area contributed by atoms with Crippen molar-refractivity contribution in [1.29, 1.82) is 0 Å². The van der Waals surface area contributed by atoms with Crippen molar-refractivity contribution in [3.63, 3.8) is 0 Å². The minimum atomic E-state index is -3.00. The Hall–Kier alpha value is -4.41. The quantitative estimate of drug-likeness (QED) is 0.347. The summed E-state index contributed by atoms with van der Waals surface area (Å²) in [5, 5.41) is 9.74. The van der Waals surface area contributed by atoms with Crippen LogP contribution in [0.4, 0.5) is 8.78 Å². The lowest BCUT2D eigenvalue weighted by atomic mass is 10.1. The van der Waals surface area contributed by atoms with E-state index >= 15 is 0 Å². The number of benzene rings is 1. The van der Waals surface area contributed by atoms with Gasteiger partial charge in [-0.25, -0.2) is 9.97 Å². The highest BCUT2D eigenvalue weighted by Crippen LogP contribution is 2.27. The fourth-order valence-electron chi connectivity index (χ4n) is 3.74. The highest BCUT2D eigenvalue weighted by Gasteiger charge is 2.18. The van der Waals surface area contributed by atoms with Gasteiger partial charge in [-0.3, -0.25) is 9.48 Å². The summed E-state index contributed by atoms with van der Waals surface area (Å²) in [6.45, 7) is -0.569. The third-order valence-corrected chi connectivity index (χ3v) is 5.24. The molecule has 0 N–H and O–H groups in total. The van der Waals surface area contributed by atoms with Crippen LogP contribution in [0.25, 0.3) is 38.8 Å². The van der Waals surface area contributed by atoms with Gasteiger partial charge in [-0.15, -0.1) is 0 Å². The zero-order valence-corrected chi connectivity index (χ0v) is 18.9. The third-order valence-electron chi connectivity index (χ3n) is 5.24. The second-order valence-electron chi connectivity index (χ2n) is 7.77. The Bertz CT molecular complexity index is 1580. The SMILES string of the molecule is CCCOc1ccc2nn(-c3ccc4nn(C)cc4c3)c(=O)c(-c3ccc(OC(F)F)nc3)c2n1. The van der Waals surface area contributed by atoms with Crippen LogP contribution < -0.4 is 15.0 Å². The Balaban J connectivity index is 1.72. The molecule has 5 aromatic rings. The average Bonchev–Trinajstić information content (AvgIpc) is 3.22. The lowest BCUT2D eigenvalue weighted by Crippen LogP contribution is -2.23. The Morgan fingerprint density at radius 1 is 1.03 bits per heavy atom. The van der Waals surface area contributed by atoms with E-state index in [1.807, 2.05) is 26.2 Å². The fourth-order valence-corrected chi connectivity index (χ4v) is 3.74. The number of halogens is 2. The Morgan fingerprint density at radius 2 is 1.83 bits per heavy atom. The molecule has 4 aromatic heterocycles. The van der Waals surface area contributed by atoms with E-state index in [1.54, 1.807) is 28.9 Å². The molecule has 0 saturated heterocycles. The van der Waals surface area contributed by atoms with E-state index in [0.29, 0.717) is 34.8 Å². The van der Waals surface area contributed by atoms with Gasteiger partial charge < -0.3 is 9.47 Å². The van der Waals surface area contributed by atoms with Gasteiger partial charge in [0, 0.05) is 42.5 Å². The first-order valence-corrected chi connectivity index (χ1v) is 10.8. The zero-order valence-electron chi connectivity index (χ0n) is 18.9. The normalized spacial score (nSPS) is 11.5. The maximum atomic E-state index is 13.7. The van der Waals surface area contributed by atoms with Crippen LogP contribution in [-0.2, 0) is 7.05 Å². The van der Waals surface area contributed by atoms with Crippen molar-refractivity contribution < 1.29 is 18.3 Å². The van der Waals surface area contributed by atoms with Crippen molar-refractivity contribution in [2.75, 3.05) is 6.61 Å². The molecule has 5 rings (SSSR count). The van der Waals surface area contributed by atoms with Gasteiger partial charge in [-0.2, -0.15) is 23.7 Å². The van der Waals surface area contributed by atoms with Crippen molar-refractivity contribution in [3.05, 3.63) is 65.2 Å². The van der Waals surface area contributed by atoms with E-state index in [2.05, 4.69) is 24.9 Å². The molecule has 0 radical (unpaired) electrons. The Kier molecular flexibility index (Phi) is 5.81. The van der Waals surface area contributed by atoms with E-state index in [0.717, 1.165) is 17.3 Å². The number of rotatable bonds is 7. The molecular weight excluding hydrogens is 458 g/mol. The van der Waals surface area contributed by atoms with E-state index in [-0.39, 0.29) is 11.4 Å². The molecule has 0 aliphatic carbocycles. The predicted molar refractivity (Wildman–Crippen MR) is 125 cm³/mol. The minimum absolute atomic E-state index is 0.208. The molecule has 178 valence electrons. The van der Waals surface area contributed by atoms with Gasteiger partial charge in [0.15, 0.2) is 0 Å². The van der Waals surface area contributed by atoms with Crippen LogP contribution in [0.15, 0.2) is 59.7 Å². The number of hydrogen-bond donors (Lipinski definition) is 0. The first kappa shape index (κ1) is 22.4. The summed E-state index contributed by atoms with van der Waals surface area (Å²) in [7, 11) is 1.82. The molecule has 0 fully saturated rings. The molecule has 9 nitrogen and oxygen atoms in total. The average molecular weight is 478 g/mol. The number of pyridine rings is 2. The molecular formula is C24H20F2N6O3. The smallest absolute Gasteiger partial charge is 0.388 e. The largest absolute Gasteiger partial charge is 0.478 e. The molecule has 0 spiro atoms. The van der Waals surface area contributed by atoms with Crippen molar-refractivity contribution in [1.82, 2.24) is 29.5 Å². The summed E-state index contributed by atoms with van der Waals surface area (Å²) < 4.78 is 38.1. The van der Waals surface area contributed by atoms with Gasteiger partial charge in [0.2, 0.25) is 11.8 Å². The van der Waals surface area contributed by atoms with Crippen molar-refractivity contribution >= 4 is 21.9 Å².